The van der Waals surface area contributed by atoms with Crippen molar-refractivity contribution in [2.75, 3.05) is 12.4 Å². The van der Waals surface area contributed by atoms with E-state index in [1.807, 2.05) is 42.7 Å². The fourth-order valence-corrected chi connectivity index (χ4v) is 5.54. The first-order chi connectivity index (χ1) is 16.9. The van der Waals surface area contributed by atoms with Crippen molar-refractivity contribution in [2.24, 2.45) is 0 Å². The number of aryl methyl sites for hydroxylation is 1. The number of rotatable bonds is 7. The molecule has 1 atom stereocenters. The minimum atomic E-state index is -0.305. The topological polar surface area (TPSA) is 66.1 Å². The Morgan fingerprint density at radius 1 is 1.17 bits per heavy atom. The van der Waals surface area contributed by atoms with Gasteiger partial charge in [0.05, 0.1) is 29.3 Å². The zero-order chi connectivity index (χ0) is 24.5. The zero-order valence-electron chi connectivity index (χ0n) is 19.7. The van der Waals surface area contributed by atoms with Gasteiger partial charge in [-0.3, -0.25) is 14.2 Å². The van der Waals surface area contributed by atoms with Crippen molar-refractivity contribution in [3.8, 4) is 5.69 Å². The quantitative estimate of drug-likeness (QED) is 0.205. The molecule has 1 fully saturated rings. The van der Waals surface area contributed by atoms with Gasteiger partial charge in [0.25, 0.3) is 5.56 Å². The van der Waals surface area contributed by atoms with Crippen molar-refractivity contribution in [3.63, 3.8) is 0 Å². The predicted octanol–water partition coefficient (Wildman–Crippen LogP) is 5.10. The molecule has 2 aromatic heterocycles. The standard InChI is InChI=1S/C27H26FN3O3S/c1-17-14-23(18(2)31(17)20-11-9-19(28)10-12-20)25(32)16-35-27-29-24-8-4-3-7-22(24)26(33)30(27)15-21-6-5-13-34-21/h3-4,7-12,14,21H,5-6,13,15-16H2,1-2H3. The summed E-state index contributed by atoms with van der Waals surface area (Å²) in [6, 6.07) is 15.3. The predicted molar refractivity (Wildman–Crippen MR) is 135 cm³/mol. The van der Waals surface area contributed by atoms with Crippen molar-refractivity contribution in [1.82, 2.24) is 14.1 Å². The van der Waals surface area contributed by atoms with E-state index < -0.39 is 0 Å². The molecule has 3 heterocycles. The Morgan fingerprint density at radius 3 is 2.69 bits per heavy atom. The summed E-state index contributed by atoms with van der Waals surface area (Å²) < 4.78 is 22.7. The Hall–Kier alpha value is -3.23. The first kappa shape index (κ1) is 23.5. The number of para-hydroxylation sites is 1. The van der Waals surface area contributed by atoms with Crippen LogP contribution in [0.25, 0.3) is 16.6 Å². The highest BCUT2D eigenvalue weighted by atomic mass is 32.2. The number of halogens is 1. The van der Waals surface area contributed by atoms with E-state index in [1.165, 1.54) is 23.9 Å². The van der Waals surface area contributed by atoms with Crippen molar-refractivity contribution >= 4 is 28.4 Å². The lowest BCUT2D eigenvalue weighted by molar-refractivity contribution is 0.0937. The highest BCUT2D eigenvalue weighted by Gasteiger charge is 2.22. The average Bonchev–Trinajstić information content (AvgIpc) is 3.47. The van der Waals surface area contributed by atoms with Crippen LogP contribution in [0.15, 0.2) is 64.5 Å². The lowest BCUT2D eigenvalue weighted by atomic mass is 10.2. The number of aromatic nitrogens is 3. The molecule has 0 N–H and O–H groups in total. The fourth-order valence-electron chi connectivity index (χ4n) is 4.65. The Bertz CT molecular complexity index is 1450. The van der Waals surface area contributed by atoms with Crippen LogP contribution in [0.5, 0.6) is 0 Å². The van der Waals surface area contributed by atoms with Crippen LogP contribution in [0.1, 0.15) is 34.6 Å². The molecule has 6 nitrogen and oxygen atoms in total. The van der Waals surface area contributed by atoms with Gasteiger partial charge in [-0.15, -0.1) is 0 Å². The molecule has 1 saturated heterocycles. The molecule has 0 spiro atoms. The molecule has 0 aliphatic carbocycles. The molecule has 0 saturated carbocycles. The number of fused-ring (bicyclic) bond motifs is 1. The number of Topliss-reactive ketones (excluding diaryl/α,β-unsaturated/α-hetero) is 1. The zero-order valence-corrected chi connectivity index (χ0v) is 20.5. The summed E-state index contributed by atoms with van der Waals surface area (Å²) in [6.45, 7) is 4.93. The van der Waals surface area contributed by atoms with Gasteiger partial charge in [0.1, 0.15) is 5.82 Å². The lowest BCUT2D eigenvalue weighted by Gasteiger charge is -2.16. The first-order valence-corrected chi connectivity index (χ1v) is 12.6. The van der Waals surface area contributed by atoms with Crippen LogP contribution >= 0.6 is 11.8 Å². The van der Waals surface area contributed by atoms with E-state index in [9.17, 15) is 14.0 Å². The van der Waals surface area contributed by atoms with E-state index in [1.54, 1.807) is 22.8 Å². The van der Waals surface area contributed by atoms with Gasteiger partial charge in [-0.25, -0.2) is 9.37 Å². The minimum absolute atomic E-state index is 0.0275. The maximum absolute atomic E-state index is 13.4. The van der Waals surface area contributed by atoms with Crippen molar-refractivity contribution in [1.29, 1.82) is 0 Å². The number of benzene rings is 2. The van der Waals surface area contributed by atoms with Crippen LogP contribution in [0.4, 0.5) is 4.39 Å². The van der Waals surface area contributed by atoms with Gasteiger partial charge in [-0.05, 0) is 69.2 Å². The number of ketones is 1. The van der Waals surface area contributed by atoms with E-state index in [0.717, 1.165) is 29.9 Å². The molecule has 0 radical (unpaired) electrons. The second kappa shape index (κ2) is 9.79. The number of nitrogens with zero attached hydrogens (tertiary/aromatic N) is 3. The number of hydrogen-bond acceptors (Lipinski definition) is 5. The van der Waals surface area contributed by atoms with E-state index in [2.05, 4.69) is 0 Å². The summed E-state index contributed by atoms with van der Waals surface area (Å²) in [7, 11) is 0. The number of hydrogen-bond donors (Lipinski definition) is 0. The Kier molecular flexibility index (Phi) is 6.58. The molecule has 1 aliphatic heterocycles. The number of thioether (sulfide) groups is 1. The van der Waals surface area contributed by atoms with Gasteiger partial charge >= 0.3 is 0 Å². The molecule has 8 heteroatoms. The van der Waals surface area contributed by atoms with Crippen LogP contribution in [0.3, 0.4) is 0 Å². The van der Waals surface area contributed by atoms with Crippen LogP contribution in [0, 0.1) is 19.7 Å². The molecule has 0 bridgehead atoms. The summed E-state index contributed by atoms with van der Waals surface area (Å²) in [4.78, 5) is 31.3. The third-order valence-electron chi connectivity index (χ3n) is 6.39. The highest BCUT2D eigenvalue weighted by molar-refractivity contribution is 7.99. The minimum Gasteiger partial charge on any atom is -0.376 e. The van der Waals surface area contributed by atoms with E-state index >= 15 is 0 Å². The second-order valence-electron chi connectivity index (χ2n) is 8.77. The van der Waals surface area contributed by atoms with Crippen LogP contribution in [0.2, 0.25) is 0 Å². The number of ether oxygens (including phenoxy) is 1. The molecular formula is C27H26FN3O3S. The van der Waals surface area contributed by atoms with Crippen LogP contribution in [-0.4, -0.2) is 38.4 Å². The summed E-state index contributed by atoms with van der Waals surface area (Å²) in [5, 5.41) is 1.08. The molecule has 35 heavy (non-hydrogen) atoms. The largest absolute Gasteiger partial charge is 0.376 e. The van der Waals surface area contributed by atoms with Gasteiger partial charge in [0.15, 0.2) is 10.9 Å². The molecule has 2 aromatic carbocycles. The van der Waals surface area contributed by atoms with Gasteiger partial charge in [0.2, 0.25) is 0 Å². The maximum Gasteiger partial charge on any atom is 0.262 e. The first-order valence-electron chi connectivity index (χ1n) is 11.6. The Balaban J connectivity index is 1.43. The van der Waals surface area contributed by atoms with Crippen molar-refractivity contribution < 1.29 is 13.9 Å². The van der Waals surface area contributed by atoms with Gasteiger partial charge in [-0.1, -0.05) is 23.9 Å². The van der Waals surface area contributed by atoms with E-state index in [4.69, 9.17) is 9.72 Å². The third-order valence-corrected chi connectivity index (χ3v) is 7.36. The molecule has 4 aromatic rings. The van der Waals surface area contributed by atoms with Gasteiger partial charge < -0.3 is 9.30 Å². The normalized spacial score (nSPS) is 15.7. The average molecular weight is 492 g/mol. The Morgan fingerprint density at radius 2 is 1.94 bits per heavy atom. The molecule has 180 valence electrons. The third kappa shape index (κ3) is 4.68. The van der Waals surface area contributed by atoms with Crippen molar-refractivity contribution in [3.05, 3.63) is 87.7 Å². The molecule has 1 aliphatic rings. The van der Waals surface area contributed by atoms with Crippen LogP contribution in [-0.2, 0) is 11.3 Å². The van der Waals surface area contributed by atoms with Crippen LogP contribution < -0.4 is 5.56 Å². The van der Waals surface area contributed by atoms with Gasteiger partial charge in [0, 0.05) is 29.2 Å². The molecular weight excluding hydrogens is 465 g/mol. The summed E-state index contributed by atoms with van der Waals surface area (Å²) in [6.07, 6.45) is 1.85. The fraction of sp³-hybridized carbons (Fsp3) is 0.296. The highest BCUT2D eigenvalue weighted by Crippen LogP contribution is 2.25. The number of carbonyl (C=O) groups is 1. The molecule has 5 rings (SSSR count). The second-order valence-corrected chi connectivity index (χ2v) is 9.71. The maximum atomic E-state index is 13.4. The summed E-state index contributed by atoms with van der Waals surface area (Å²) in [5.74, 6) is -0.215. The van der Waals surface area contributed by atoms with Gasteiger partial charge in [-0.2, -0.15) is 0 Å². The van der Waals surface area contributed by atoms with E-state index in [0.29, 0.717) is 34.8 Å². The summed E-state index contributed by atoms with van der Waals surface area (Å²) >= 11 is 1.27. The monoisotopic (exact) mass is 491 g/mol. The SMILES string of the molecule is Cc1cc(C(=O)CSc2nc3ccccc3c(=O)n2CC2CCCO2)c(C)n1-c1ccc(F)cc1. The Labute approximate surface area is 206 Å². The lowest BCUT2D eigenvalue weighted by Crippen LogP contribution is -2.29. The molecule has 1 unspecified atom stereocenters. The van der Waals surface area contributed by atoms with E-state index in [-0.39, 0.29) is 29.0 Å². The smallest absolute Gasteiger partial charge is 0.262 e. The summed E-state index contributed by atoms with van der Waals surface area (Å²) in [5.41, 5.74) is 3.59. The number of carbonyl (C=O) groups excluding carboxylic acids is 1. The van der Waals surface area contributed by atoms with Crippen molar-refractivity contribution in [2.45, 2.75) is 44.5 Å². The molecule has 0 amide bonds.